The lowest BCUT2D eigenvalue weighted by atomic mass is 9.80. The van der Waals surface area contributed by atoms with Crippen LogP contribution in [0.15, 0.2) is 91.0 Å². The molecule has 0 unspecified atom stereocenters. The molecule has 0 bridgehead atoms. The molecule has 4 saturated heterocycles. The van der Waals surface area contributed by atoms with Crippen LogP contribution in [-0.2, 0) is 43.5 Å². The molecule has 21 nitrogen and oxygen atoms in total. The van der Waals surface area contributed by atoms with E-state index < -0.39 is 155 Å². The lowest BCUT2D eigenvalue weighted by Gasteiger charge is -2.46. The van der Waals surface area contributed by atoms with Gasteiger partial charge in [0.15, 0.2) is 18.9 Å². The summed E-state index contributed by atoms with van der Waals surface area (Å²) in [6, 6.07) is 27.8. The van der Waals surface area contributed by atoms with E-state index in [-0.39, 0.29) is 0 Å². The maximum absolute atomic E-state index is 11.5. The molecule has 21 heteroatoms. The molecule has 19 atom stereocenters. The predicted molar refractivity (Wildman–Crippen MR) is 212 cm³/mol. The first kappa shape index (κ1) is 48.7. The highest BCUT2D eigenvalue weighted by molar-refractivity contribution is 5.47. The first-order chi connectivity index (χ1) is 30.7. The molecule has 0 saturated carbocycles. The standard InChI is InChI=1S/C43H56O21/c44-16-24-28(46)34(52)37(41(61-24)58-18-26-30(48)33(51)36(54)40(62-26)57-17-25-29(47)32(50)35(53)39(56)60-25)64-42(20-45)38(55)31(49)27(63-42)19-59-43(21-10-4-1-5-11-21,22-12-6-2-7-13-22)23-14-8-3-9-15-23/h1-15,24-41,44-56H,16-20H2/t24-,25-,26-,27-,28+,29-,30+,31-,32+,33+,34+,35-,36-,37-,38+,39+,40+,41+,42+/m1/s1. The molecule has 4 heterocycles. The van der Waals surface area contributed by atoms with E-state index in [1.54, 1.807) is 0 Å². The van der Waals surface area contributed by atoms with Crippen LogP contribution in [0.25, 0.3) is 0 Å². The van der Waals surface area contributed by atoms with Crippen molar-refractivity contribution in [3.8, 4) is 0 Å². The van der Waals surface area contributed by atoms with Crippen molar-refractivity contribution >= 4 is 0 Å². The highest BCUT2D eigenvalue weighted by Gasteiger charge is 2.60. The number of aliphatic hydroxyl groups is 13. The summed E-state index contributed by atoms with van der Waals surface area (Å²) in [5, 5.41) is 138. The van der Waals surface area contributed by atoms with Gasteiger partial charge in [-0.25, -0.2) is 0 Å². The van der Waals surface area contributed by atoms with Gasteiger partial charge in [0.1, 0.15) is 104 Å². The Morgan fingerprint density at radius 1 is 0.469 bits per heavy atom. The second-order valence-corrected chi connectivity index (χ2v) is 16.2. The van der Waals surface area contributed by atoms with Crippen LogP contribution in [0.1, 0.15) is 16.7 Å². The molecule has 4 aliphatic heterocycles. The molecule has 64 heavy (non-hydrogen) atoms. The van der Waals surface area contributed by atoms with Crippen LogP contribution >= 0.6 is 0 Å². The summed E-state index contributed by atoms with van der Waals surface area (Å²) in [4.78, 5) is 0. The highest BCUT2D eigenvalue weighted by atomic mass is 16.8. The van der Waals surface area contributed by atoms with Crippen LogP contribution in [0.2, 0.25) is 0 Å². The van der Waals surface area contributed by atoms with Crippen molar-refractivity contribution < 1.29 is 104 Å². The molecule has 7 rings (SSSR count). The smallest absolute Gasteiger partial charge is 0.222 e. The van der Waals surface area contributed by atoms with Crippen molar-refractivity contribution in [2.24, 2.45) is 0 Å². The molecule has 354 valence electrons. The van der Waals surface area contributed by atoms with Crippen molar-refractivity contribution in [3.63, 3.8) is 0 Å². The van der Waals surface area contributed by atoms with Gasteiger partial charge in [-0.05, 0) is 16.7 Å². The molecule has 0 spiro atoms. The average Bonchev–Trinajstić information content (AvgIpc) is 3.56. The SMILES string of the molecule is OC[C@H]1O[C@H](OC[C@H]2O[C@H](OC[C@H]3O[C@H](O)[C@H](O)[C@@H](O)[C@@H]3O)[C@H](O)[C@@H](O)[C@H]2O)[C@H](O[C@]2(CO)O[C@H](COC(c3ccccc3)(c3ccccc3)c3ccccc3)[C@@H](O)[C@@H]2O)[C@@H](O)[C@H]1O. The van der Waals surface area contributed by atoms with Gasteiger partial charge in [-0.15, -0.1) is 0 Å². The Morgan fingerprint density at radius 2 is 0.938 bits per heavy atom. The molecule has 0 aromatic heterocycles. The summed E-state index contributed by atoms with van der Waals surface area (Å²) in [5.74, 6) is -2.53. The van der Waals surface area contributed by atoms with E-state index in [0.717, 1.165) is 0 Å². The molecule has 3 aromatic carbocycles. The summed E-state index contributed by atoms with van der Waals surface area (Å²) in [6.45, 7) is -3.82. The minimum atomic E-state index is -2.53. The normalized spacial score (nSPS) is 40.6. The lowest BCUT2D eigenvalue weighted by molar-refractivity contribution is -0.379. The zero-order valence-electron chi connectivity index (χ0n) is 34.2. The van der Waals surface area contributed by atoms with E-state index in [2.05, 4.69) is 0 Å². The number of rotatable bonds is 16. The predicted octanol–water partition coefficient (Wildman–Crippen LogP) is -4.73. The Balaban J connectivity index is 1.08. The first-order valence-electron chi connectivity index (χ1n) is 20.7. The Bertz CT molecular complexity index is 1790. The minimum absolute atomic E-state index is 0.413. The summed E-state index contributed by atoms with van der Waals surface area (Å²) >= 11 is 0. The zero-order chi connectivity index (χ0) is 45.9. The molecular weight excluding hydrogens is 852 g/mol. The number of ether oxygens (including phenoxy) is 8. The third-order valence-corrected chi connectivity index (χ3v) is 12.1. The van der Waals surface area contributed by atoms with Gasteiger partial charge in [0.25, 0.3) is 0 Å². The maximum atomic E-state index is 11.5. The van der Waals surface area contributed by atoms with Gasteiger partial charge in [-0.3, -0.25) is 0 Å². The second kappa shape index (κ2) is 20.8. The quantitative estimate of drug-likeness (QED) is 0.0601. The monoisotopic (exact) mass is 908 g/mol. The van der Waals surface area contributed by atoms with E-state index in [1.165, 1.54) is 0 Å². The molecule has 3 aromatic rings. The molecular formula is C43H56O21. The first-order valence-corrected chi connectivity index (χ1v) is 20.7. The highest BCUT2D eigenvalue weighted by Crippen LogP contribution is 2.43. The van der Waals surface area contributed by atoms with Crippen LogP contribution < -0.4 is 0 Å². The third-order valence-electron chi connectivity index (χ3n) is 12.1. The van der Waals surface area contributed by atoms with Crippen LogP contribution in [0.4, 0.5) is 0 Å². The van der Waals surface area contributed by atoms with Crippen LogP contribution in [0.3, 0.4) is 0 Å². The fourth-order valence-electron chi connectivity index (χ4n) is 8.42. The van der Waals surface area contributed by atoms with E-state index >= 15 is 0 Å². The minimum Gasteiger partial charge on any atom is -0.394 e. The van der Waals surface area contributed by atoms with E-state index in [9.17, 15) is 66.4 Å². The Kier molecular flexibility index (Phi) is 15.8. The Hall–Kier alpha value is -3.18. The number of benzene rings is 3. The van der Waals surface area contributed by atoms with Crippen LogP contribution in [0.5, 0.6) is 0 Å². The topological polar surface area (TPSA) is 337 Å². The molecule has 0 amide bonds. The summed E-state index contributed by atoms with van der Waals surface area (Å²) in [7, 11) is 0. The van der Waals surface area contributed by atoms with Crippen molar-refractivity contribution in [1.82, 2.24) is 0 Å². The Morgan fingerprint density at radius 3 is 1.45 bits per heavy atom. The van der Waals surface area contributed by atoms with Crippen LogP contribution in [0, 0.1) is 0 Å². The molecule has 0 aliphatic carbocycles. The summed E-state index contributed by atoms with van der Waals surface area (Å²) in [6.07, 6.45) is -32.1. The van der Waals surface area contributed by atoms with Gasteiger partial charge in [-0.2, -0.15) is 0 Å². The van der Waals surface area contributed by atoms with Gasteiger partial charge < -0.3 is 104 Å². The number of hydrogen-bond acceptors (Lipinski definition) is 21. The van der Waals surface area contributed by atoms with E-state index in [4.69, 9.17) is 37.9 Å². The van der Waals surface area contributed by atoms with Crippen molar-refractivity contribution in [3.05, 3.63) is 108 Å². The largest absolute Gasteiger partial charge is 0.394 e. The van der Waals surface area contributed by atoms with E-state index in [1.807, 2.05) is 91.0 Å². The van der Waals surface area contributed by atoms with Gasteiger partial charge in [-0.1, -0.05) is 91.0 Å². The number of hydrogen-bond donors (Lipinski definition) is 13. The zero-order valence-corrected chi connectivity index (χ0v) is 34.2. The van der Waals surface area contributed by atoms with Crippen molar-refractivity contribution in [1.29, 1.82) is 0 Å². The van der Waals surface area contributed by atoms with E-state index in [0.29, 0.717) is 16.7 Å². The summed E-state index contributed by atoms with van der Waals surface area (Å²) in [5.41, 5.74) is 0.843. The Labute approximate surface area is 366 Å². The van der Waals surface area contributed by atoms with Gasteiger partial charge in [0.2, 0.25) is 5.79 Å². The molecule has 4 aliphatic rings. The second-order valence-electron chi connectivity index (χ2n) is 16.2. The maximum Gasteiger partial charge on any atom is 0.222 e. The lowest BCUT2D eigenvalue weighted by Crippen LogP contribution is -2.65. The fourth-order valence-corrected chi connectivity index (χ4v) is 8.42. The van der Waals surface area contributed by atoms with Crippen molar-refractivity contribution in [2.75, 3.05) is 33.0 Å². The average molecular weight is 909 g/mol. The summed E-state index contributed by atoms with van der Waals surface area (Å²) < 4.78 is 46.7. The van der Waals surface area contributed by atoms with Gasteiger partial charge >= 0.3 is 0 Å². The molecule has 4 fully saturated rings. The third kappa shape index (κ3) is 9.51. The van der Waals surface area contributed by atoms with Crippen LogP contribution in [-0.4, -0.2) is 216 Å². The molecule has 0 radical (unpaired) electrons. The van der Waals surface area contributed by atoms with Gasteiger partial charge in [0.05, 0.1) is 26.4 Å². The van der Waals surface area contributed by atoms with Crippen molar-refractivity contribution in [2.45, 2.75) is 122 Å². The molecule has 13 N–H and O–H groups in total. The fraction of sp³-hybridized carbons (Fsp3) is 0.581. The van der Waals surface area contributed by atoms with Gasteiger partial charge in [0, 0.05) is 0 Å². The number of aliphatic hydroxyl groups excluding tert-OH is 13.